The van der Waals surface area contributed by atoms with Gasteiger partial charge < -0.3 is 66.6 Å². The molecule has 0 fully saturated rings. The first-order valence-electron chi connectivity index (χ1n) is 24.8. The second kappa shape index (κ2) is 33.2. The number of carbonyl (C=O) groups is 3. The van der Waals surface area contributed by atoms with Crippen molar-refractivity contribution in [1.82, 2.24) is 40.1 Å². The van der Waals surface area contributed by atoms with E-state index in [0.29, 0.717) is 9.87 Å². The van der Waals surface area contributed by atoms with Gasteiger partial charge in [-0.2, -0.15) is 18.1 Å². The molecule has 0 spiro atoms. The molecular formula is C46H56N12O25S. The highest BCUT2D eigenvalue weighted by molar-refractivity contribution is 7.92. The molecule has 84 heavy (non-hydrogen) atoms. The molecule has 0 aliphatic carbocycles. The van der Waals surface area contributed by atoms with Gasteiger partial charge in [0.2, 0.25) is 11.6 Å². The standard InChI is InChI=1S/C46H56N12O25S/c1-30(2)34-12-13-38(48-29-34)84(68,69)55(32(4)82-46(61)77-23-19-72-21-27-80-58(66)67)42-39(83-37-11-7-6-10-36(37)70-5)43(73-24-25-75-44(59)74-16-8-9-17-78-56(62)63)50-40(49-42)33-14-15-47-35(28-33)41-51-52-53-54(41)31(3)81-45(60)76-22-18-71-20-26-79-57(64)65/h6-7,10-15,28-32H,8-9,16-27H2,1-5H3. The lowest BCUT2D eigenvalue weighted by molar-refractivity contribution is -0.758. The van der Waals surface area contributed by atoms with Crippen molar-refractivity contribution in [3.63, 3.8) is 0 Å². The number of rotatable bonds is 37. The molecule has 0 radical (unpaired) electrons. The Balaban J connectivity index is 1.60. The molecule has 4 heterocycles. The van der Waals surface area contributed by atoms with Gasteiger partial charge in [-0.15, -0.1) is 35.4 Å². The van der Waals surface area contributed by atoms with E-state index in [1.54, 1.807) is 12.1 Å². The van der Waals surface area contributed by atoms with Gasteiger partial charge in [0.05, 0.1) is 46.8 Å². The third kappa shape index (κ3) is 20.6. The van der Waals surface area contributed by atoms with Crippen LogP contribution in [0.25, 0.3) is 22.9 Å². The first-order chi connectivity index (χ1) is 40.3. The summed E-state index contributed by atoms with van der Waals surface area (Å²) < 4.78 is 92.0. The number of unbranched alkanes of at least 4 members (excludes halogenated alkanes) is 1. The number of benzene rings is 1. The predicted octanol–water partition coefficient (Wildman–Crippen LogP) is 4.85. The Morgan fingerprint density at radius 2 is 1.27 bits per heavy atom. The number of aromatic nitrogens is 8. The highest BCUT2D eigenvalue weighted by atomic mass is 32.2. The molecule has 2 unspecified atom stereocenters. The number of pyridine rings is 2. The first-order valence-corrected chi connectivity index (χ1v) is 26.3. The minimum absolute atomic E-state index is 0.0153. The van der Waals surface area contributed by atoms with E-state index < -0.39 is 105 Å². The highest BCUT2D eigenvalue weighted by Gasteiger charge is 2.39. The average Bonchev–Trinajstić information content (AvgIpc) is 3.38. The van der Waals surface area contributed by atoms with Gasteiger partial charge in [-0.1, -0.05) is 32.0 Å². The predicted molar refractivity (Wildman–Crippen MR) is 275 cm³/mol. The Hall–Kier alpha value is -9.85. The van der Waals surface area contributed by atoms with Gasteiger partial charge in [0.15, 0.2) is 40.6 Å². The minimum Gasteiger partial charge on any atom is -0.493 e. The first kappa shape index (κ1) is 65.0. The average molecular weight is 1210 g/mol. The highest BCUT2D eigenvalue weighted by Crippen LogP contribution is 2.45. The van der Waals surface area contributed by atoms with Crippen LogP contribution in [-0.4, -0.2) is 175 Å². The van der Waals surface area contributed by atoms with E-state index in [2.05, 4.69) is 45.0 Å². The summed E-state index contributed by atoms with van der Waals surface area (Å²) in [5.74, 6) is -2.33. The SMILES string of the molecule is COc1ccccc1Oc1c(OCCOC(=O)OCCCCO[N+](=O)[O-])nc(-c2ccnc(-c3nnnn3C(C)OC(=O)OCCOCCO[N+](=O)[O-])c2)nc1N(C(C)OC(=O)OCCOCCO[N+](=O)[O-])S(=O)(=O)c1ccc(C(C)C)cn1. The number of methoxy groups -OCH3 is 1. The molecule has 5 aromatic rings. The monoisotopic (exact) mass is 1210 g/mol. The number of ether oxygens (including phenoxy) is 11. The van der Waals surface area contributed by atoms with Crippen molar-refractivity contribution in [3.05, 3.63) is 96.8 Å². The van der Waals surface area contributed by atoms with Crippen molar-refractivity contribution in [3.8, 4) is 46.0 Å². The number of anilines is 1. The van der Waals surface area contributed by atoms with Crippen molar-refractivity contribution >= 4 is 34.3 Å². The summed E-state index contributed by atoms with van der Waals surface area (Å²) in [4.78, 5) is 100. The van der Waals surface area contributed by atoms with Gasteiger partial charge in [0.25, 0.3) is 31.2 Å². The number of nitrogens with zero attached hydrogens (tertiary/aromatic N) is 12. The quantitative estimate of drug-likeness (QED) is 0.0128. The number of carbonyl (C=O) groups excluding carboxylic acids is 3. The zero-order valence-corrected chi connectivity index (χ0v) is 46.2. The van der Waals surface area contributed by atoms with Crippen LogP contribution in [-0.2, 0) is 62.4 Å². The van der Waals surface area contributed by atoms with Crippen LogP contribution in [0.5, 0.6) is 23.1 Å². The molecule has 2 atom stereocenters. The van der Waals surface area contributed by atoms with E-state index in [4.69, 9.17) is 57.1 Å². The summed E-state index contributed by atoms with van der Waals surface area (Å²) in [6.07, 6.45) is -4.00. The van der Waals surface area contributed by atoms with Crippen molar-refractivity contribution < 1.29 is 105 Å². The summed E-state index contributed by atoms with van der Waals surface area (Å²) >= 11 is 0. The lowest BCUT2D eigenvalue weighted by Gasteiger charge is -2.30. The van der Waals surface area contributed by atoms with Crippen molar-refractivity contribution in [2.75, 3.05) is 90.7 Å². The largest absolute Gasteiger partial charge is 0.510 e. The molecule has 4 aromatic heterocycles. The minimum atomic E-state index is -5.09. The van der Waals surface area contributed by atoms with Crippen molar-refractivity contribution in [2.45, 2.75) is 63.9 Å². The fraction of sp³-hybridized carbons (Fsp3) is 0.478. The topological polar surface area (TPSA) is 442 Å². The maximum atomic E-state index is 15.3. The lowest BCUT2D eigenvalue weighted by atomic mass is 10.1. The Labute approximate surface area is 475 Å². The Bertz CT molecular complexity index is 3090. The second-order valence-corrected chi connectivity index (χ2v) is 18.3. The van der Waals surface area contributed by atoms with E-state index in [1.807, 2.05) is 13.8 Å². The number of sulfonamides is 1. The van der Waals surface area contributed by atoms with Gasteiger partial charge >= 0.3 is 18.5 Å². The fourth-order valence-electron chi connectivity index (χ4n) is 6.63. The summed E-state index contributed by atoms with van der Waals surface area (Å²) in [7, 11) is -3.76. The fourth-order valence-corrected chi connectivity index (χ4v) is 8.04. The van der Waals surface area contributed by atoms with Crippen LogP contribution >= 0.6 is 0 Å². The van der Waals surface area contributed by atoms with E-state index in [9.17, 15) is 44.7 Å². The smallest absolute Gasteiger partial charge is 0.493 e. The van der Waals surface area contributed by atoms with Gasteiger partial charge in [0.1, 0.15) is 45.3 Å². The van der Waals surface area contributed by atoms with Gasteiger partial charge in [0, 0.05) is 18.0 Å². The molecule has 5 rings (SSSR count). The third-order valence-corrected chi connectivity index (χ3v) is 12.2. The van der Waals surface area contributed by atoms with E-state index in [1.165, 1.54) is 62.8 Å². The van der Waals surface area contributed by atoms with Gasteiger partial charge in [-0.25, -0.2) is 28.7 Å². The van der Waals surface area contributed by atoms with E-state index in [-0.39, 0.29) is 106 Å². The number of tetrazole rings is 1. The Kier molecular flexibility index (Phi) is 25.7. The maximum Gasteiger partial charge on any atom is 0.510 e. The van der Waals surface area contributed by atoms with Crippen LogP contribution < -0.4 is 18.5 Å². The van der Waals surface area contributed by atoms with Crippen LogP contribution in [0, 0.1) is 30.3 Å². The molecule has 0 bridgehead atoms. The third-order valence-electron chi connectivity index (χ3n) is 10.4. The number of para-hydroxylation sites is 2. The molecular weight excluding hydrogens is 1150 g/mol. The number of hydrogen-bond donors (Lipinski definition) is 0. The molecule has 0 saturated carbocycles. The zero-order valence-electron chi connectivity index (χ0n) is 45.4. The van der Waals surface area contributed by atoms with Gasteiger partial charge in [-0.05, 0) is 78.9 Å². The van der Waals surface area contributed by atoms with E-state index >= 15 is 8.42 Å². The van der Waals surface area contributed by atoms with Gasteiger partial charge in [-0.3, -0.25) is 4.98 Å². The summed E-state index contributed by atoms with van der Waals surface area (Å²) in [5.41, 5.74) is 0.674. The summed E-state index contributed by atoms with van der Waals surface area (Å²) in [6.45, 7) is 2.30. The molecule has 0 N–H and O–H groups in total. The molecule has 456 valence electrons. The molecule has 0 aliphatic rings. The van der Waals surface area contributed by atoms with Crippen LogP contribution in [0.2, 0.25) is 0 Å². The lowest BCUT2D eigenvalue weighted by Crippen LogP contribution is -2.43. The Morgan fingerprint density at radius 3 is 1.90 bits per heavy atom. The molecule has 0 aliphatic heterocycles. The maximum absolute atomic E-state index is 15.3. The van der Waals surface area contributed by atoms with E-state index in [0.717, 1.165) is 11.6 Å². The van der Waals surface area contributed by atoms with Crippen LogP contribution in [0.1, 0.15) is 58.2 Å². The normalized spacial score (nSPS) is 11.7. The molecule has 38 heteroatoms. The Morgan fingerprint density at radius 1 is 0.679 bits per heavy atom. The molecule has 0 saturated heterocycles. The second-order valence-electron chi connectivity index (χ2n) is 16.5. The van der Waals surface area contributed by atoms with Crippen LogP contribution in [0.15, 0.2) is 66.0 Å². The molecule has 1 aromatic carbocycles. The summed E-state index contributed by atoms with van der Waals surface area (Å²) in [5, 5.41) is 39.4. The number of hydrogen-bond acceptors (Lipinski definition) is 32. The van der Waals surface area contributed by atoms with Crippen molar-refractivity contribution in [1.29, 1.82) is 0 Å². The zero-order chi connectivity index (χ0) is 61.0. The van der Waals surface area contributed by atoms with Crippen LogP contribution in [0.4, 0.5) is 20.2 Å². The van der Waals surface area contributed by atoms with Crippen LogP contribution in [0.3, 0.4) is 0 Å². The molecule has 37 nitrogen and oxygen atoms in total. The molecule has 0 amide bonds. The summed E-state index contributed by atoms with van der Waals surface area (Å²) in [6, 6.07) is 11.6. The van der Waals surface area contributed by atoms with Crippen molar-refractivity contribution in [2.24, 2.45) is 0 Å².